The van der Waals surface area contributed by atoms with Gasteiger partial charge in [0, 0.05) is 24.2 Å². The van der Waals surface area contributed by atoms with Crippen molar-refractivity contribution in [1.29, 1.82) is 5.26 Å². The van der Waals surface area contributed by atoms with E-state index in [1.165, 1.54) is 12.7 Å². The first-order valence-electron chi connectivity index (χ1n) is 7.38. The third kappa shape index (κ3) is 3.55. The fraction of sp³-hybridized carbons (Fsp3) is 0.118. The van der Waals surface area contributed by atoms with Gasteiger partial charge in [-0.1, -0.05) is 0 Å². The van der Waals surface area contributed by atoms with Gasteiger partial charge in [-0.15, -0.1) is 10.2 Å². The van der Waals surface area contributed by atoms with Gasteiger partial charge < -0.3 is 5.11 Å². The first-order chi connectivity index (χ1) is 12.1. The van der Waals surface area contributed by atoms with Gasteiger partial charge in [0.15, 0.2) is 0 Å². The SMILES string of the molecule is N#Cc1ccc(N(CCc2c(F)cc(O)cc2F)n2cnnc2)cc1. The Balaban J connectivity index is 1.88. The molecule has 0 saturated carbocycles. The largest absolute Gasteiger partial charge is 0.508 e. The van der Waals surface area contributed by atoms with Crippen LogP contribution in [0.5, 0.6) is 5.75 Å². The molecule has 3 aromatic rings. The molecule has 6 nitrogen and oxygen atoms in total. The van der Waals surface area contributed by atoms with Crippen LogP contribution < -0.4 is 5.01 Å². The van der Waals surface area contributed by atoms with Gasteiger partial charge in [0.05, 0.1) is 17.3 Å². The van der Waals surface area contributed by atoms with Crippen LogP contribution in [-0.4, -0.2) is 26.5 Å². The van der Waals surface area contributed by atoms with E-state index in [1.807, 2.05) is 6.07 Å². The number of phenolic OH excluding ortho intramolecular Hbond substituents is 1. The Morgan fingerprint density at radius 3 is 2.24 bits per heavy atom. The summed E-state index contributed by atoms with van der Waals surface area (Å²) < 4.78 is 29.4. The number of nitriles is 1. The third-order valence-corrected chi connectivity index (χ3v) is 3.68. The Labute approximate surface area is 142 Å². The van der Waals surface area contributed by atoms with E-state index in [1.54, 1.807) is 34.0 Å². The number of aromatic nitrogens is 3. The second-order valence-electron chi connectivity index (χ2n) is 5.26. The normalized spacial score (nSPS) is 10.4. The van der Waals surface area contributed by atoms with Gasteiger partial charge in [0.2, 0.25) is 0 Å². The zero-order valence-corrected chi connectivity index (χ0v) is 13.0. The van der Waals surface area contributed by atoms with E-state index in [9.17, 15) is 13.9 Å². The first kappa shape index (κ1) is 16.4. The molecule has 2 aromatic carbocycles. The molecule has 0 aliphatic carbocycles. The molecule has 0 atom stereocenters. The quantitative estimate of drug-likeness (QED) is 0.772. The Kier molecular flexibility index (Phi) is 4.57. The molecular formula is C17H13F2N5O. The number of aromatic hydroxyl groups is 1. The van der Waals surface area contributed by atoms with E-state index in [0.717, 1.165) is 12.1 Å². The van der Waals surface area contributed by atoms with Gasteiger partial charge in [0.1, 0.15) is 30.0 Å². The lowest BCUT2D eigenvalue weighted by Gasteiger charge is -2.25. The molecule has 0 saturated heterocycles. The zero-order valence-electron chi connectivity index (χ0n) is 13.0. The van der Waals surface area contributed by atoms with E-state index in [2.05, 4.69) is 10.2 Å². The monoisotopic (exact) mass is 341 g/mol. The molecule has 0 fully saturated rings. The van der Waals surface area contributed by atoms with Crippen molar-refractivity contribution in [3.8, 4) is 11.8 Å². The van der Waals surface area contributed by atoms with Gasteiger partial charge >= 0.3 is 0 Å². The van der Waals surface area contributed by atoms with Gasteiger partial charge in [-0.2, -0.15) is 5.26 Å². The summed E-state index contributed by atoms with van der Waals surface area (Å²) >= 11 is 0. The predicted octanol–water partition coefficient (Wildman–Crippen LogP) is 2.65. The van der Waals surface area contributed by atoms with Gasteiger partial charge in [-0.25, -0.2) is 13.5 Å². The number of rotatable bonds is 5. The molecular weight excluding hydrogens is 328 g/mol. The van der Waals surface area contributed by atoms with E-state index in [0.29, 0.717) is 11.3 Å². The maximum absolute atomic E-state index is 13.9. The minimum absolute atomic E-state index is 0.0517. The smallest absolute Gasteiger partial charge is 0.139 e. The summed E-state index contributed by atoms with van der Waals surface area (Å²) in [6.45, 7) is 0.225. The van der Waals surface area contributed by atoms with Crippen molar-refractivity contribution < 1.29 is 13.9 Å². The summed E-state index contributed by atoms with van der Waals surface area (Å²) in [5, 5.41) is 27.3. The minimum atomic E-state index is -0.805. The summed E-state index contributed by atoms with van der Waals surface area (Å²) in [5.41, 5.74) is 1.09. The second kappa shape index (κ2) is 6.97. The Hall–Kier alpha value is -3.47. The van der Waals surface area contributed by atoms with Crippen molar-refractivity contribution in [2.24, 2.45) is 0 Å². The molecule has 0 aliphatic rings. The van der Waals surface area contributed by atoms with Crippen molar-refractivity contribution in [2.75, 3.05) is 11.6 Å². The van der Waals surface area contributed by atoms with Crippen molar-refractivity contribution in [3.63, 3.8) is 0 Å². The van der Waals surface area contributed by atoms with Crippen LogP contribution in [0.3, 0.4) is 0 Å². The standard InChI is InChI=1S/C17H13F2N5O/c18-16-7-14(25)8-17(19)15(16)5-6-24(23-10-21-22-11-23)13-3-1-12(9-20)2-4-13/h1-4,7-8,10-11,25H,5-6H2. The van der Waals surface area contributed by atoms with E-state index in [4.69, 9.17) is 5.26 Å². The van der Waals surface area contributed by atoms with Crippen LogP contribution in [-0.2, 0) is 6.42 Å². The maximum atomic E-state index is 13.9. The number of hydrogen-bond acceptors (Lipinski definition) is 5. The van der Waals surface area contributed by atoms with Crippen LogP contribution in [0.4, 0.5) is 14.5 Å². The number of phenols is 1. The first-order valence-corrected chi connectivity index (χ1v) is 7.38. The van der Waals surface area contributed by atoms with E-state index < -0.39 is 17.4 Å². The average Bonchev–Trinajstić information content (AvgIpc) is 3.12. The molecule has 1 aromatic heterocycles. The van der Waals surface area contributed by atoms with Crippen LogP contribution in [0.25, 0.3) is 0 Å². The molecule has 0 unspecified atom stereocenters. The van der Waals surface area contributed by atoms with Crippen molar-refractivity contribution >= 4 is 5.69 Å². The average molecular weight is 341 g/mol. The molecule has 1 N–H and O–H groups in total. The highest BCUT2D eigenvalue weighted by Gasteiger charge is 2.15. The number of anilines is 1. The summed E-state index contributed by atoms with van der Waals surface area (Å²) in [4.78, 5) is 0. The summed E-state index contributed by atoms with van der Waals surface area (Å²) in [7, 11) is 0. The molecule has 0 aliphatic heterocycles. The highest BCUT2D eigenvalue weighted by atomic mass is 19.1. The molecule has 0 radical (unpaired) electrons. The fourth-order valence-electron chi connectivity index (χ4n) is 2.45. The van der Waals surface area contributed by atoms with E-state index in [-0.39, 0.29) is 18.5 Å². The van der Waals surface area contributed by atoms with Crippen LogP contribution in [0.15, 0.2) is 49.1 Å². The zero-order chi connectivity index (χ0) is 17.8. The fourth-order valence-corrected chi connectivity index (χ4v) is 2.45. The Morgan fingerprint density at radius 1 is 1.08 bits per heavy atom. The molecule has 0 amide bonds. The number of nitrogens with zero attached hydrogens (tertiary/aromatic N) is 5. The summed E-state index contributed by atoms with van der Waals surface area (Å²) in [6.07, 6.45) is 2.97. The highest BCUT2D eigenvalue weighted by Crippen LogP contribution is 2.22. The van der Waals surface area contributed by atoms with Gasteiger partial charge in [-0.05, 0) is 30.7 Å². The minimum Gasteiger partial charge on any atom is -0.508 e. The molecule has 3 rings (SSSR count). The van der Waals surface area contributed by atoms with Crippen LogP contribution in [0, 0.1) is 23.0 Å². The lowest BCUT2D eigenvalue weighted by atomic mass is 10.1. The number of hydrogen-bond donors (Lipinski definition) is 1. The molecule has 0 spiro atoms. The topological polar surface area (TPSA) is 78.0 Å². The van der Waals surface area contributed by atoms with Crippen LogP contribution in [0.2, 0.25) is 0 Å². The van der Waals surface area contributed by atoms with E-state index >= 15 is 0 Å². The van der Waals surface area contributed by atoms with Crippen molar-refractivity contribution in [1.82, 2.24) is 14.9 Å². The molecule has 0 bridgehead atoms. The molecule has 126 valence electrons. The predicted molar refractivity (Wildman–Crippen MR) is 85.6 cm³/mol. The van der Waals surface area contributed by atoms with Crippen molar-refractivity contribution in [3.05, 3.63) is 71.8 Å². The lowest BCUT2D eigenvalue weighted by molar-refractivity contribution is 0.456. The number of benzene rings is 2. The number of halogens is 2. The third-order valence-electron chi connectivity index (χ3n) is 3.68. The summed E-state index contributed by atoms with van der Waals surface area (Å²) in [5.74, 6) is -2.07. The Bertz CT molecular complexity index is 881. The molecule has 8 heteroatoms. The second-order valence-corrected chi connectivity index (χ2v) is 5.26. The molecule has 25 heavy (non-hydrogen) atoms. The highest BCUT2D eigenvalue weighted by molar-refractivity contribution is 5.49. The van der Waals surface area contributed by atoms with Gasteiger partial charge in [-0.3, -0.25) is 5.01 Å². The Morgan fingerprint density at radius 2 is 1.68 bits per heavy atom. The molecule has 1 heterocycles. The maximum Gasteiger partial charge on any atom is 0.139 e. The van der Waals surface area contributed by atoms with Crippen LogP contribution in [0.1, 0.15) is 11.1 Å². The summed E-state index contributed by atoms with van der Waals surface area (Å²) in [6, 6.07) is 10.5. The van der Waals surface area contributed by atoms with Crippen LogP contribution >= 0.6 is 0 Å². The van der Waals surface area contributed by atoms with Gasteiger partial charge in [0.25, 0.3) is 0 Å². The van der Waals surface area contributed by atoms with Crippen molar-refractivity contribution in [2.45, 2.75) is 6.42 Å². The lowest BCUT2D eigenvalue weighted by Crippen LogP contribution is -2.31.